The first-order chi connectivity index (χ1) is 12.3. The fraction of sp³-hybridized carbons (Fsp3) is 0.167. The van der Waals surface area contributed by atoms with Crippen LogP contribution in [0.5, 0.6) is 0 Å². The molecule has 0 atom stereocenters. The minimum atomic E-state index is -3.49. The van der Waals surface area contributed by atoms with Crippen molar-refractivity contribution in [2.24, 2.45) is 0 Å². The molecule has 0 aliphatic rings. The maximum absolute atomic E-state index is 12.5. The lowest BCUT2D eigenvalue weighted by Gasteiger charge is -2.11. The van der Waals surface area contributed by atoms with Gasteiger partial charge in [-0.2, -0.15) is 0 Å². The van der Waals surface area contributed by atoms with Crippen molar-refractivity contribution in [3.8, 4) is 0 Å². The van der Waals surface area contributed by atoms with E-state index >= 15 is 0 Å². The molecule has 0 aliphatic carbocycles. The number of benzene rings is 2. The van der Waals surface area contributed by atoms with E-state index < -0.39 is 15.7 Å². The quantitative estimate of drug-likeness (QED) is 0.753. The number of nitrogens with one attached hydrogen (secondary N) is 1. The predicted molar refractivity (Wildman–Crippen MR) is 98.9 cm³/mol. The fourth-order valence-electron chi connectivity index (χ4n) is 2.69. The molecule has 0 spiro atoms. The van der Waals surface area contributed by atoms with E-state index in [4.69, 9.17) is 0 Å². The number of aryl methyl sites for hydroxylation is 1. The van der Waals surface area contributed by atoms with Crippen molar-refractivity contribution in [1.82, 2.24) is 9.55 Å². The second-order valence-electron chi connectivity index (χ2n) is 5.97. The number of hydrogen-bond donors (Lipinski definition) is 1. The summed E-state index contributed by atoms with van der Waals surface area (Å²) in [6.07, 6.45) is 2.39. The summed E-state index contributed by atoms with van der Waals surface area (Å²) in [5, 5.41) is 2.97. The molecule has 0 saturated carbocycles. The fourth-order valence-corrected chi connectivity index (χ4v) is 3.53. The molecule has 3 rings (SSSR count). The number of amides is 1. The molecule has 0 unspecified atom stereocenters. The third kappa shape index (κ3) is 3.50. The van der Waals surface area contributed by atoms with E-state index in [1.54, 1.807) is 24.3 Å². The summed E-state index contributed by atoms with van der Waals surface area (Å²) in [5.74, 6) is -0.517. The van der Waals surface area contributed by atoms with Gasteiger partial charge in [0.05, 0.1) is 27.8 Å². The van der Waals surface area contributed by atoms with Crippen LogP contribution in [0.4, 0.5) is 5.69 Å². The lowest BCUT2D eigenvalue weighted by Crippen LogP contribution is -2.28. The lowest BCUT2D eigenvalue weighted by molar-refractivity contribution is -0.116. The van der Waals surface area contributed by atoms with Crippen molar-refractivity contribution < 1.29 is 13.2 Å². The largest absolute Gasteiger partial charge is 0.323 e. The van der Waals surface area contributed by atoms with Crippen molar-refractivity contribution in [1.29, 1.82) is 0 Å². The molecular weight excluding hydrogens is 354 g/mol. The van der Waals surface area contributed by atoms with Gasteiger partial charge in [0.15, 0.2) is 9.84 Å². The van der Waals surface area contributed by atoms with Crippen LogP contribution in [0.25, 0.3) is 10.9 Å². The molecule has 1 N–H and O–H groups in total. The number of fused-ring (bicyclic) bond motifs is 1. The molecule has 1 amide bonds. The maximum atomic E-state index is 12.5. The maximum Gasteiger partial charge on any atom is 0.261 e. The molecule has 134 valence electrons. The zero-order chi connectivity index (χ0) is 18.9. The molecule has 2 aromatic carbocycles. The molecule has 8 heteroatoms. The van der Waals surface area contributed by atoms with Crippen LogP contribution in [-0.4, -0.2) is 30.1 Å². The van der Waals surface area contributed by atoms with Gasteiger partial charge in [-0.05, 0) is 30.7 Å². The van der Waals surface area contributed by atoms with Gasteiger partial charge in [0, 0.05) is 6.26 Å². The summed E-state index contributed by atoms with van der Waals surface area (Å²) in [4.78, 5) is 29.1. The lowest BCUT2D eigenvalue weighted by atomic mass is 10.1. The number of nitrogens with zero attached hydrogens (tertiary/aromatic N) is 2. The summed E-state index contributed by atoms with van der Waals surface area (Å²) in [6, 6.07) is 11.4. The number of rotatable bonds is 4. The molecule has 0 aliphatic heterocycles. The van der Waals surface area contributed by atoms with Crippen molar-refractivity contribution in [2.75, 3.05) is 11.6 Å². The Morgan fingerprint density at radius 1 is 1.15 bits per heavy atom. The molecule has 0 fully saturated rings. The van der Waals surface area contributed by atoms with Crippen LogP contribution < -0.4 is 10.9 Å². The first-order valence-corrected chi connectivity index (χ1v) is 9.70. The van der Waals surface area contributed by atoms with E-state index in [-0.39, 0.29) is 22.7 Å². The monoisotopic (exact) mass is 371 g/mol. The molecule has 7 nitrogen and oxygen atoms in total. The van der Waals surface area contributed by atoms with Crippen LogP contribution in [0, 0.1) is 6.92 Å². The van der Waals surface area contributed by atoms with E-state index in [0.29, 0.717) is 10.9 Å². The second kappa shape index (κ2) is 6.72. The summed E-state index contributed by atoms with van der Waals surface area (Å²) >= 11 is 0. The van der Waals surface area contributed by atoms with Gasteiger partial charge in [0.2, 0.25) is 5.91 Å². The topological polar surface area (TPSA) is 98.1 Å². The van der Waals surface area contributed by atoms with Gasteiger partial charge in [-0.3, -0.25) is 14.2 Å². The number of hydrogen-bond acceptors (Lipinski definition) is 5. The molecule has 26 heavy (non-hydrogen) atoms. The van der Waals surface area contributed by atoms with Crippen LogP contribution in [0.15, 0.2) is 58.5 Å². The van der Waals surface area contributed by atoms with E-state index in [1.165, 1.54) is 23.0 Å². The SMILES string of the molecule is Cc1cccc2c(=O)n(CC(=O)Nc3ccccc3S(C)(=O)=O)cnc12. The highest BCUT2D eigenvalue weighted by atomic mass is 32.2. The van der Waals surface area contributed by atoms with Gasteiger partial charge >= 0.3 is 0 Å². The van der Waals surface area contributed by atoms with Gasteiger partial charge < -0.3 is 5.32 Å². The summed E-state index contributed by atoms with van der Waals surface area (Å²) < 4.78 is 24.8. The van der Waals surface area contributed by atoms with Crippen molar-refractivity contribution in [3.63, 3.8) is 0 Å². The predicted octanol–water partition coefficient (Wildman–Crippen LogP) is 1.75. The first-order valence-electron chi connectivity index (χ1n) is 7.81. The number of anilines is 1. The van der Waals surface area contributed by atoms with Gasteiger partial charge in [-0.15, -0.1) is 0 Å². The first kappa shape index (κ1) is 17.8. The van der Waals surface area contributed by atoms with E-state index in [1.807, 2.05) is 13.0 Å². The molecule has 3 aromatic rings. The Morgan fingerprint density at radius 2 is 1.88 bits per heavy atom. The summed E-state index contributed by atoms with van der Waals surface area (Å²) in [5.41, 5.74) is 1.32. The van der Waals surface area contributed by atoms with Crippen LogP contribution in [0.3, 0.4) is 0 Å². The smallest absolute Gasteiger partial charge is 0.261 e. The van der Waals surface area contributed by atoms with Crippen molar-refractivity contribution in [3.05, 3.63) is 64.7 Å². The van der Waals surface area contributed by atoms with Crippen molar-refractivity contribution >= 4 is 32.3 Å². The van der Waals surface area contributed by atoms with Gasteiger partial charge in [0.1, 0.15) is 6.54 Å². The average Bonchev–Trinajstić information content (AvgIpc) is 2.57. The average molecular weight is 371 g/mol. The number of para-hydroxylation sites is 2. The molecule has 0 bridgehead atoms. The standard InChI is InChI=1S/C18H17N3O4S/c1-12-6-5-7-13-17(12)19-11-21(18(13)23)10-16(22)20-14-8-3-4-9-15(14)26(2,24)25/h3-9,11H,10H2,1-2H3,(H,20,22). The minimum Gasteiger partial charge on any atom is -0.323 e. The van der Waals surface area contributed by atoms with E-state index in [9.17, 15) is 18.0 Å². The number of aromatic nitrogens is 2. The number of carbonyl (C=O) groups excluding carboxylic acids is 1. The van der Waals surface area contributed by atoms with Crippen LogP contribution >= 0.6 is 0 Å². The zero-order valence-electron chi connectivity index (χ0n) is 14.3. The molecule has 1 aromatic heterocycles. The number of carbonyl (C=O) groups is 1. The Morgan fingerprint density at radius 3 is 2.62 bits per heavy atom. The zero-order valence-corrected chi connectivity index (χ0v) is 15.1. The summed E-state index contributed by atoms with van der Waals surface area (Å²) in [6.45, 7) is 1.59. The Hall–Kier alpha value is -3.00. The Kier molecular flexibility index (Phi) is 4.60. The Bertz CT molecular complexity index is 1170. The molecular formula is C18H17N3O4S. The minimum absolute atomic E-state index is 0.0213. The van der Waals surface area contributed by atoms with E-state index in [0.717, 1.165) is 11.8 Å². The van der Waals surface area contributed by atoms with Crippen LogP contribution in [-0.2, 0) is 21.2 Å². The molecule has 0 radical (unpaired) electrons. The van der Waals surface area contributed by atoms with Gasteiger partial charge in [-0.25, -0.2) is 13.4 Å². The number of sulfone groups is 1. The highest BCUT2D eigenvalue weighted by molar-refractivity contribution is 7.90. The second-order valence-corrected chi connectivity index (χ2v) is 7.95. The Balaban J connectivity index is 1.90. The van der Waals surface area contributed by atoms with Gasteiger partial charge in [-0.1, -0.05) is 24.3 Å². The van der Waals surface area contributed by atoms with Gasteiger partial charge in [0.25, 0.3) is 5.56 Å². The van der Waals surface area contributed by atoms with Crippen LogP contribution in [0.1, 0.15) is 5.56 Å². The molecule has 0 saturated heterocycles. The third-order valence-electron chi connectivity index (χ3n) is 3.93. The molecule has 1 heterocycles. The highest BCUT2D eigenvalue weighted by Gasteiger charge is 2.15. The van der Waals surface area contributed by atoms with Crippen LogP contribution in [0.2, 0.25) is 0 Å². The van der Waals surface area contributed by atoms with Crippen molar-refractivity contribution in [2.45, 2.75) is 18.4 Å². The third-order valence-corrected chi connectivity index (χ3v) is 5.08. The Labute approximate surface area is 150 Å². The summed E-state index contributed by atoms with van der Waals surface area (Å²) in [7, 11) is -3.49. The van der Waals surface area contributed by atoms with E-state index in [2.05, 4.69) is 10.3 Å². The highest BCUT2D eigenvalue weighted by Crippen LogP contribution is 2.20. The normalized spacial score (nSPS) is 11.5.